The molecule has 1 atom stereocenters. The molecule has 0 heterocycles. The Morgan fingerprint density at radius 3 is 2.19 bits per heavy atom. The molecular weight excluding hydrogens is 334 g/mol. The van der Waals surface area contributed by atoms with E-state index in [9.17, 15) is 9.59 Å². The number of aryl methyl sites for hydroxylation is 1. The number of hydrogen-bond acceptors (Lipinski definition) is 5. The summed E-state index contributed by atoms with van der Waals surface area (Å²) in [4.78, 5) is 26.1. The van der Waals surface area contributed by atoms with Crippen LogP contribution in [-0.2, 0) is 11.3 Å². The second kappa shape index (κ2) is 8.89. The van der Waals surface area contributed by atoms with Crippen molar-refractivity contribution >= 4 is 11.9 Å². The van der Waals surface area contributed by atoms with E-state index in [2.05, 4.69) is 10.6 Å². The number of hydrogen-bond donors (Lipinski definition) is 2. The molecule has 0 unspecified atom stereocenters. The Kier molecular flexibility index (Phi) is 7.44. The molecule has 0 aliphatic heterocycles. The van der Waals surface area contributed by atoms with Gasteiger partial charge in [-0.15, -0.1) is 0 Å². The third-order valence-corrected chi connectivity index (χ3v) is 4.03. The quantitative estimate of drug-likeness (QED) is 0.809. The van der Waals surface area contributed by atoms with E-state index < -0.39 is 17.6 Å². The fourth-order valence-corrected chi connectivity index (χ4v) is 2.39. The lowest BCUT2D eigenvalue weighted by Gasteiger charge is -2.26. The van der Waals surface area contributed by atoms with Crippen LogP contribution in [0.25, 0.3) is 0 Å². The zero-order chi connectivity index (χ0) is 20.1. The van der Waals surface area contributed by atoms with E-state index in [1.54, 1.807) is 21.1 Å². The Balaban J connectivity index is 2.79. The molecule has 0 aliphatic rings. The summed E-state index contributed by atoms with van der Waals surface area (Å²) < 4.78 is 10.6. The van der Waals surface area contributed by atoms with Crippen molar-refractivity contribution in [2.75, 3.05) is 21.3 Å². The molecule has 0 saturated heterocycles. The van der Waals surface area contributed by atoms with Gasteiger partial charge in [0.2, 0.25) is 5.91 Å². The van der Waals surface area contributed by atoms with Crippen LogP contribution < -0.4 is 20.1 Å². The zero-order valence-electron chi connectivity index (χ0n) is 17.0. The SMILES string of the molecule is COc1cc(C)c(CN(C)[C@@H](C)C(=O)NC(=O)NC(C)(C)C)cc1OC. The van der Waals surface area contributed by atoms with Crippen molar-refractivity contribution in [1.82, 2.24) is 15.5 Å². The minimum Gasteiger partial charge on any atom is -0.493 e. The molecule has 0 aromatic heterocycles. The Labute approximate surface area is 156 Å². The number of imide groups is 1. The number of methoxy groups -OCH3 is 2. The number of likely N-dealkylation sites (N-methyl/N-ethyl adjacent to an activating group) is 1. The molecule has 0 saturated carbocycles. The molecule has 1 rings (SSSR count). The number of ether oxygens (including phenoxy) is 2. The van der Waals surface area contributed by atoms with Crippen molar-refractivity contribution in [1.29, 1.82) is 0 Å². The highest BCUT2D eigenvalue weighted by Crippen LogP contribution is 2.30. The van der Waals surface area contributed by atoms with E-state index >= 15 is 0 Å². The van der Waals surface area contributed by atoms with Crippen LogP contribution in [0.5, 0.6) is 11.5 Å². The average Bonchev–Trinajstić information content (AvgIpc) is 2.53. The summed E-state index contributed by atoms with van der Waals surface area (Å²) in [6, 6.07) is 2.84. The maximum absolute atomic E-state index is 12.3. The highest BCUT2D eigenvalue weighted by molar-refractivity contribution is 5.97. The van der Waals surface area contributed by atoms with Gasteiger partial charge >= 0.3 is 6.03 Å². The lowest BCUT2D eigenvalue weighted by molar-refractivity contribution is -0.124. The summed E-state index contributed by atoms with van der Waals surface area (Å²) >= 11 is 0. The Hall–Kier alpha value is -2.28. The molecule has 0 spiro atoms. The fraction of sp³-hybridized carbons (Fsp3) is 0.579. The van der Waals surface area contributed by atoms with Crippen LogP contribution in [0.15, 0.2) is 12.1 Å². The number of carbonyl (C=O) groups excluding carboxylic acids is 2. The van der Waals surface area contributed by atoms with Crippen LogP contribution in [0, 0.1) is 6.92 Å². The molecule has 0 aliphatic carbocycles. The van der Waals surface area contributed by atoms with E-state index in [4.69, 9.17) is 9.47 Å². The molecule has 0 radical (unpaired) electrons. The number of rotatable bonds is 6. The van der Waals surface area contributed by atoms with Gasteiger partial charge in [-0.2, -0.15) is 0 Å². The summed E-state index contributed by atoms with van der Waals surface area (Å²) in [5, 5.41) is 5.09. The van der Waals surface area contributed by atoms with Crippen molar-refractivity contribution in [3.05, 3.63) is 23.3 Å². The first kappa shape index (κ1) is 21.8. The number of amides is 3. The number of nitrogens with one attached hydrogen (secondary N) is 2. The van der Waals surface area contributed by atoms with Gasteiger partial charge < -0.3 is 14.8 Å². The fourth-order valence-electron chi connectivity index (χ4n) is 2.39. The van der Waals surface area contributed by atoms with E-state index in [1.165, 1.54) is 0 Å². The van der Waals surface area contributed by atoms with Gasteiger partial charge in [0.1, 0.15) is 0 Å². The van der Waals surface area contributed by atoms with Gasteiger partial charge in [-0.25, -0.2) is 4.79 Å². The van der Waals surface area contributed by atoms with Crippen molar-refractivity contribution < 1.29 is 19.1 Å². The number of urea groups is 1. The minimum atomic E-state index is -0.495. The van der Waals surface area contributed by atoms with Crippen LogP contribution in [0.2, 0.25) is 0 Å². The maximum Gasteiger partial charge on any atom is 0.321 e. The van der Waals surface area contributed by atoms with Gasteiger partial charge in [0.05, 0.1) is 20.3 Å². The summed E-state index contributed by atoms with van der Waals surface area (Å²) in [6.45, 7) is 9.83. The predicted molar refractivity (Wildman–Crippen MR) is 102 cm³/mol. The Bertz CT molecular complexity index is 653. The predicted octanol–water partition coefficient (Wildman–Crippen LogP) is 2.46. The lowest BCUT2D eigenvalue weighted by atomic mass is 10.1. The molecule has 146 valence electrons. The highest BCUT2D eigenvalue weighted by atomic mass is 16.5. The van der Waals surface area contributed by atoms with E-state index in [1.807, 2.05) is 51.8 Å². The van der Waals surface area contributed by atoms with Gasteiger partial charge in [-0.05, 0) is 64.9 Å². The summed E-state index contributed by atoms with van der Waals surface area (Å²) in [7, 11) is 5.02. The van der Waals surface area contributed by atoms with Crippen LogP contribution in [0.1, 0.15) is 38.8 Å². The molecule has 3 amide bonds. The van der Waals surface area contributed by atoms with Gasteiger partial charge in [-0.3, -0.25) is 15.0 Å². The van der Waals surface area contributed by atoms with E-state index in [-0.39, 0.29) is 5.91 Å². The second-order valence-corrected chi connectivity index (χ2v) is 7.42. The van der Waals surface area contributed by atoms with Crippen molar-refractivity contribution in [3.8, 4) is 11.5 Å². The average molecular weight is 365 g/mol. The lowest BCUT2D eigenvalue weighted by Crippen LogP contribution is -2.52. The second-order valence-electron chi connectivity index (χ2n) is 7.42. The molecule has 1 aromatic rings. The first-order valence-electron chi connectivity index (χ1n) is 8.53. The molecule has 2 N–H and O–H groups in total. The third-order valence-electron chi connectivity index (χ3n) is 4.03. The molecule has 7 nitrogen and oxygen atoms in total. The van der Waals surface area contributed by atoms with E-state index in [0.29, 0.717) is 18.0 Å². The Morgan fingerprint density at radius 2 is 1.69 bits per heavy atom. The van der Waals surface area contributed by atoms with Crippen molar-refractivity contribution in [2.24, 2.45) is 0 Å². The first-order valence-corrected chi connectivity index (χ1v) is 8.53. The molecule has 26 heavy (non-hydrogen) atoms. The van der Waals surface area contributed by atoms with Crippen molar-refractivity contribution in [3.63, 3.8) is 0 Å². The van der Waals surface area contributed by atoms with Crippen molar-refractivity contribution in [2.45, 2.75) is 52.7 Å². The van der Waals surface area contributed by atoms with Gasteiger partial charge in [-0.1, -0.05) is 0 Å². The van der Waals surface area contributed by atoms with Crippen LogP contribution in [0.3, 0.4) is 0 Å². The molecule has 1 aromatic carbocycles. The maximum atomic E-state index is 12.3. The number of benzene rings is 1. The number of carbonyl (C=O) groups is 2. The third kappa shape index (κ3) is 6.22. The zero-order valence-corrected chi connectivity index (χ0v) is 17.0. The monoisotopic (exact) mass is 365 g/mol. The van der Waals surface area contributed by atoms with E-state index in [0.717, 1.165) is 11.1 Å². The van der Waals surface area contributed by atoms with Crippen LogP contribution in [-0.4, -0.2) is 49.7 Å². The standard InChI is InChI=1S/C19H31N3O4/c1-12-9-15(25-7)16(26-8)10-14(12)11-22(6)13(2)17(23)20-18(24)21-19(3,4)5/h9-10,13H,11H2,1-8H3,(H2,20,21,23,24)/t13-/m0/s1. The normalized spacial score (nSPS) is 12.5. The first-order chi connectivity index (χ1) is 12.0. The summed E-state index contributed by atoms with van der Waals surface area (Å²) in [5.41, 5.74) is 1.65. The largest absolute Gasteiger partial charge is 0.493 e. The highest BCUT2D eigenvalue weighted by Gasteiger charge is 2.23. The smallest absolute Gasteiger partial charge is 0.321 e. The topological polar surface area (TPSA) is 79.9 Å². The number of nitrogens with zero attached hydrogens (tertiary/aromatic N) is 1. The molecule has 7 heteroatoms. The molecule has 0 bridgehead atoms. The summed E-state index contributed by atoms with van der Waals surface area (Å²) in [5.74, 6) is 0.955. The van der Waals surface area contributed by atoms with Crippen LogP contribution >= 0.6 is 0 Å². The van der Waals surface area contributed by atoms with Gasteiger partial charge in [0.25, 0.3) is 0 Å². The molecular formula is C19H31N3O4. The summed E-state index contributed by atoms with van der Waals surface area (Å²) in [6.07, 6.45) is 0. The minimum absolute atomic E-state index is 0.354. The van der Waals surface area contributed by atoms with Gasteiger partial charge in [0, 0.05) is 12.1 Å². The van der Waals surface area contributed by atoms with Crippen LogP contribution in [0.4, 0.5) is 4.79 Å². The molecule has 0 fully saturated rings. The Morgan fingerprint density at radius 1 is 1.15 bits per heavy atom. The van der Waals surface area contributed by atoms with Gasteiger partial charge in [0.15, 0.2) is 11.5 Å².